The number of benzene rings is 4. The van der Waals surface area contributed by atoms with Gasteiger partial charge in [0.05, 0.1) is 0 Å². The van der Waals surface area contributed by atoms with E-state index in [4.69, 9.17) is 10.0 Å². The lowest BCUT2D eigenvalue weighted by atomic mass is 9.81. The van der Waals surface area contributed by atoms with Gasteiger partial charge in [-0.2, -0.15) is 0 Å². The first-order valence-corrected chi connectivity index (χ1v) is 7.53. The van der Waals surface area contributed by atoms with E-state index < -0.39 is 7.12 Å². The van der Waals surface area contributed by atoms with Gasteiger partial charge in [0, 0.05) is 0 Å². The second kappa shape index (κ2) is 7.10. The average molecular weight is 300 g/mol. The molecule has 0 aliphatic carbocycles. The van der Waals surface area contributed by atoms with Gasteiger partial charge in [0.25, 0.3) is 0 Å². The molecule has 0 saturated carbocycles. The minimum Gasteiger partial charge on any atom is -0.423 e. The fourth-order valence-electron chi connectivity index (χ4n) is 2.51. The van der Waals surface area contributed by atoms with E-state index in [-0.39, 0.29) is 0 Å². The fraction of sp³-hybridized carbons (Fsp3) is 0. The third-order valence-corrected chi connectivity index (χ3v) is 3.71. The lowest BCUT2D eigenvalue weighted by molar-refractivity contribution is 0.426. The van der Waals surface area contributed by atoms with Crippen LogP contribution in [0, 0.1) is 0 Å². The molecule has 0 bridgehead atoms. The summed E-state index contributed by atoms with van der Waals surface area (Å²) < 4.78 is 0. The van der Waals surface area contributed by atoms with Gasteiger partial charge in [-0.15, -0.1) is 0 Å². The maximum absolute atomic E-state index is 8.58. The summed E-state index contributed by atoms with van der Waals surface area (Å²) in [6, 6.07) is 30.1. The van der Waals surface area contributed by atoms with Crippen LogP contribution in [0.2, 0.25) is 0 Å². The summed E-state index contributed by atoms with van der Waals surface area (Å²) in [5, 5.41) is 22.4. The van der Waals surface area contributed by atoms with E-state index in [1.165, 1.54) is 21.5 Å². The highest BCUT2D eigenvalue weighted by Crippen LogP contribution is 2.21. The van der Waals surface area contributed by atoms with Crippen molar-refractivity contribution in [1.82, 2.24) is 0 Å². The Labute approximate surface area is 135 Å². The van der Waals surface area contributed by atoms with Crippen molar-refractivity contribution in [3.63, 3.8) is 0 Å². The first-order chi connectivity index (χ1) is 11.2. The summed E-state index contributed by atoms with van der Waals surface area (Å²) in [5.74, 6) is 0. The van der Waals surface area contributed by atoms with Crippen LogP contribution in [0.4, 0.5) is 0 Å². The molecule has 0 atom stereocenters. The van der Waals surface area contributed by atoms with Crippen LogP contribution in [0.3, 0.4) is 0 Å². The van der Waals surface area contributed by atoms with Crippen molar-refractivity contribution in [2.24, 2.45) is 0 Å². The van der Waals surface area contributed by atoms with E-state index >= 15 is 0 Å². The summed E-state index contributed by atoms with van der Waals surface area (Å²) in [6.45, 7) is 0. The molecule has 23 heavy (non-hydrogen) atoms. The van der Waals surface area contributed by atoms with Gasteiger partial charge in [-0.25, -0.2) is 0 Å². The van der Waals surface area contributed by atoms with Gasteiger partial charge in [0.2, 0.25) is 0 Å². The van der Waals surface area contributed by atoms with E-state index in [2.05, 4.69) is 60.7 Å². The molecule has 4 aromatic rings. The van der Waals surface area contributed by atoms with E-state index in [1.807, 2.05) is 6.07 Å². The number of fused-ring (bicyclic) bond motifs is 2. The molecule has 0 aromatic heterocycles. The molecule has 112 valence electrons. The maximum Gasteiger partial charge on any atom is 0.488 e. The van der Waals surface area contributed by atoms with Gasteiger partial charge in [0.15, 0.2) is 0 Å². The molecular weight excluding hydrogens is 283 g/mol. The Morgan fingerprint density at radius 3 is 1.13 bits per heavy atom. The van der Waals surface area contributed by atoms with Gasteiger partial charge in [0.1, 0.15) is 0 Å². The van der Waals surface area contributed by atoms with Crippen LogP contribution >= 0.6 is 0 Å². The first kappa shape index (κ1) is 15.3. The second-order valence-electron chi connectivity index (χ2n) is 5.33. The summed E-state index contributed by atoms with van der Waals surface area (Å²) in [4.78, 5) is 0. The van der Waals surface area contributed by atoms with Crippen molar-refractivity contribution in [1.29, 1.82) is 0 Å². The molecular formula is C20H17BO2. The van der Waals surface area contributed by atoms with Crippen LogP contribution in [-0.4, -0.2) is 17.2 Å². The first-order valence-electron chi connectivity index (χ1n) is 7.53. The van der Waals surface area contributed by atoms with Crippen LogP contribution in [0.25, 0.3) is 21.5 Å². The standard InChI is InChI=1S/C14H10.C6H7BO2/c1-2-6-12-10-14-8-4-3-7-13(14)9-11(12)5-1;8-7(9)6-4-2-1-3-5-6/h1-10H;1-5,8-9H. The van der Waals surface area contributed by atoms with Gasteiger partial charge < -0.3 is 10.0 Å². The molecule has 3 heteroatoms. The minimum absolute atomic E-state index is 0.525. The number of hydrogen-bond donors (Lipinski definition) is 2. The zero-order chi connectivity index (χ0) is 16.1. The third kappa shape index (κ3) is 3.78. The Bertz CT molecular complexity index is 800. The summed E-state index contributed by atoms with van der Waals surface area (Å²) in [7, 11) is -1.34. The number of rotatable bonds is 1. The van der Waals surface area contributed by atoms with Crippen LogP contribution in [0.5, 0.6) is 0 Å². The lowest BCUT2D eigenvalue weighted by Gasteiger charge is -2.00. The van der Waals surface area contributed by atoms with Crippen LogP contribution < -0.4 is 5.46 Å². The van der Waals surface area contributed by atoms with E-state index in [0.717, 1.165) is 0 Å². The SMILES string of the molecule is OB(O)c1ccccc1.c1ccc2cc3ccccc3cc2c1. The number of hydrogen-bond acceptors (Lipinski definition) is 2. The molecule has 0 amide bonds. The van der Waals surface area contributed by atoms with Crippen molar-refractivity contribution in [3.8, 4) is 0 Å². The quantitative estimate of drug-likeness (QED) is 0.418. The summed E-state index contributed by atoms with van der Waals surface area (Å²) >= 11 is 0. The zero-order valence-corrected chi connectivity index (χ0v) is 12.6. The second-order valence-corrected chi connectivity index (χ2v) is 5.33. The Kier molecular flexibility index (Phi) is 4.72. The third-order valence-electron chi connectivity index (χ3n) is 3.71. The minimum atomic E-state index is -1.34. The predicted octanol–water partition coefficient (Wildman–Crippen LogP) is 3.36. The average Bonchev–Trinajstić information content (AvgIpc) is 2.61. The van der Waals surface area contributed by atoms with Gasteiger partial charge in [-0.3, -0.25) is 0 Å². The maximum atomic E-state index is 8.58. The Hall–Kier alpha value is -2.62. The van der Waals surface area contributed by atoms with Gasteiger partial charge in [-0.05, 0) is 39.1 Å². The zero-order valence-electron chi connectivity index (χ0n) is 12.6. The molecule has 0 aliphatic rings. The molecule has 2 N–H and O–H groups in total. The fourth-order valence-corrected chi connectivity index (χ4v) is 2.51. The normalized spacial score (nSPS) is 10.2. The molecule has 0 spiro atoms. The molecule has 0 fully saturated rings. The van der Waals surface area contributed by atoms with Crippen LogP contribution in [0.15, 0.2) is 91.0 Å². The van der Waals surface area contributed by atoms with Crippen molar-refractivity contribution in [3.05, 3.63) is 91.0 Å². The summed E-state index contributed by atoms with van der Waals surface area (Å²) in [6.07, 6.45) is 0. The lowest BCUT2D eigenvalue weighted by Crippen LogP contribution is -2.29. The molecule has 0 aliphatic heterocycles. The summed E-state index contributed by atoms with van der Waals surface area (Å²) in [5.41, 5.74) is 0.525. The topological polar surface area (TPSA) is 40.5 Å². The molecule has 4 aromatic carbocycles. The largest absolute Gasteiger partial charge is 0.488 e. The van der Waals surface area contributed by atoms with E-state index in [1.54, 1.807) is 24.3 Å². The van der Waals surface area contributed by atoms with Crippen LogP contribution in [0.1, 0.15) is 0 Å². The highest BCUT2D eigenvalue weighted by Gasteiger charge is 2.07. The monoisotopic (exact) mass is 300 g/mol. The molecule has 4 rings (SSSR count). The Morgan fingerprint density at radius 1 is 0.478 bits per heavy atom. The molecule has 0 radical (unpaired) electrons. The van der Waals surface area contributed by atoms with E-state index in [9.17, 15) is 0 Å². The Balaban J connectivity index is 0.000000151. The van der Waals surface area contributed by atoms with Gasteiger partial charge in [-0.1, -0.05) is 78.9 Å². The van der Waals surface area contributed by atoms with Gasteiger partial charge >= 0.3 is 7.12 Å². The van der Waals surface area contributed by atoms with Crippen molar-refractivity contribution < 1.29 is 10.0 Å². The predicted molar refractivity (Wildman–Crippen MR) is 97.7 cm³/mol. The van der Waals surface area contributed by atoms with Crippen molar-refractivity contribution in [2.45, 2.75) is 0 Å². The highest BCUT2D eigenvalue weighted by molar-refractivity contribution is 6.58. The molecule has 2 nitrogen and oxygen atoms in total. The Morgan fingerprint density at radius 2 is 0.826 bits per heavy atom. The highest BCUT2D eigenvalue weighted by atomic mass is 16.4. The van der Waals surface area contributed by atoms with Crippen molar-refractivity contribution >= 4 is 34.1 Å². The van der Waals surface area contributed by atoms with Crippen LogP contribution in [-0.2, 0) is 0 Å². The van der Waals surface area contributed by atoms with E-state index in [0.29, 0.717) is 5.46 Å². The molecule has 0 unspecified atom stereocenters. The smallest absolute Gasteiger partial charge is 0.423 e. The molecule has 0 heterocycles. The molecule has 0 saturated heterocycles. The van der Waals surface area contributed by atoms with Crippen molar-refractivity contribution in [2.75, 3.05) is 0 Å².